The Hall–Kier alpha value is -2.25. The van der Waals surface area contributed by atoms with Gasteiger partial charge >= 0.3 is 0 Å². The number of thiazole rings is 1. The molecule has 0 spiro atoms. The number of hydrogen-bond acceptors (Lipinski definition) is 6. The largest absolute Gasteiger partial charge is 0.497 e. The minimum atomic E-state index is -0.209. The molecule has 0 aliphatic heterocycles. The van der Waals surface area contributed by atoms with Gasteiger partial charge < -0.3 is 14.8 Å². The lowest BCUT2D eigenvalue weighted by Crippen LogP contribution is -2.24. The van der Waals surface area contributed by atoms with Gasteiger partial charge in [-0.25, -0.2) is 4.98 Å². The molecule has 0 fully saturated rings. The molecule has 1 heterocycles. The molecular formula is C20H22N2O3S2. The molecule has 142 valence electrons. The monoisotopic (exact) mass is 402 g/mol. The second-order valence-electron chi connectivity index (χ2n) is 5.77. The van der Waals surface area contributed by atoms with Gasteiger partial charge in [0.25, 0.3) is 0 Å². The van der Waals surface area contributed by atoms with E-state index < -0.39 is 0 Å². The zero-order chi connectivity index (χ0) is 19.2. The Bertz CT molecular complexity index is 909. The molecular weight excluding hydrogens is 380 g/mol. The van der Waals surface area contributed by atoms with Crippen LogP contribution in [0.1, 0.15) is 20.3 Å². The fourth-order valence-corrected chi connectivity index (χ4v) is 4.79. The number of ether oxygens (including phenoxy) is 2. The number of thioether (sulfide) groups is 1. The number of hydrogen-bond donors (Lipinski definition) is 1. The van der Waals surface area contributed by atoms with Gasteiger partial charge in [0, 0.05) is 5.69 Å². The molecule has 0 aliphatic rings. The van der Waals surface area contributed by atoms with E-state index in [9.17, 15) is 4.79 Å². The highest BCUT2D eigenvalue weighted by molar-refractivity contribution is 8.02. The van der Waals surface area contributed by atoms with Crippen LogP contribution >= 0.6 is 23.1 Å². The first kappa shape index (κ1) is 19.5. The maximum absolute atomic E-state index is 12.7. The molecule has 1 aromatic heterocycles. The highest BCUT2D eigenvalue weighted by Gasteiger charge is 2.20. The highest BCUT2D eigenvalue weighted by atomic mass is 32.2. The van der Waals surface area contributed by atoms with Gasteiger partial charge in [0.2, 0.25) is 5.91 Å². The van der Waals surface area contributed by atoms with E-state index in [0.29, 0.717) is 13.0 Å². The number of benzene rings is 2. The fraction of sp³-hybridized carbons (Fsp3) is 0.300. The van der Waals surface area contributed by atoms with E-state index in [-0.39, 0.29) is 11.2 Å². The van der Waals surface area contributed by atoms with Crippen molar-refractivity contribution in [2.24, 2.45) is 0 Å². The Balaban J connectivity index is 1.69. The number of carbonyl (C=O) groups excluding carboxylic acids is 1. The van der Waals surface area contributed by atoms with Crippen molar-refractivity contribution in [3.05, 3.63) is 42.5 Å². The van der Waals surface area contributed by atoms with Crippen molar-refractivity contribution in [2.75, 3.05) is 19.0 Å². The van der Waals surface area contributed by atoms with Crippen LogP contribution in [0.25, 0.3) is 10.2 Å². The SMILES string of the molecule is CCOc1ccc2nc(SC(CC)C(=O)Nc3ccc(OC)cc3)sc2c1. The highest BCUT2D eigenvalue weighted by Crippen LogP contribution is 2.35. The smallest absolute Gasteiger partial charge is 0.237 e. The summed E-state index contributed by atoms with van der Waals surface area (Å²) >= 11 is 3.08. The third kappa shape index (κ3) is 4.93. The maximum atomic E-state index is 12.7. The Labute approximate surface area is 167 Å². The molecule has 0 bridgehead atoms. The number of amides is 1. The van der Waals surface area contributed by atoms with Gasteiger partial charge in [0.1, 0.15) is 11.5 Å². The molecule has 3 aromatic rings. The number of anilines is 1. The second-order valence-corrected chi connectivity index (χ2v) is 8.26. The summed E-state index contributed by atoms with van der Waals surface area (Å²) in [6, 6.07) is 13.2. The van der Waals surface area contributed by atoms with Crippen molar-refractivity contribution >= 4 is 44.9 Å². The van der Waals surface area contributed by atoms with Gasteiger partial charge in [-0.05, 0) is 55.8 Å². The zero-order valence-corrected chi connectivity index (χ0v) is 17.2. The van der Waals surface area contributed by atoms with Crippen molar-refractivity contribution < 1.29 is 14.3 Å². The van der Waals surface area contributed by atoms with E-state index in [4.69, 9.17) is 9.47 Å². The van der Waals surface area contributed by atoms with Crippen LogP contribution in [0.15, 0.2) is 46.8 Å². The zero-order valence-electron chi connectivity index (χ0n) is 15.5. The van der Waals surface area contributed by atoms with Gasteiger partial charge in [-0.15, -0.1) is 11.3 Å². The van der Waals surface area contributed by atoms with E-state index in [1.807, 2.05) is 56.3 Å². The van der Waals surface area contributed by atoms with Gasteiger partial charge in [0.05, 0.1) is 29.2 Å². The molecule has 1 N–H and O–H groups in total. The summed E-state index contributed by atoms with van der Waals surface area (Å²) < 4.78 is 12.6. The van der Waals surface area contributed by atoms with E-state index in [0.717, 1.165) is 31.7 Å². The third-order valence-corrected chi connectivity index (χ3v) is 6.39. The molecule has 7 heteroatoms. The first-order chi connectivity index (χ1) is 13.1. The number of fused-ring (bicyclic) bond motifs is 1. The number of aromatic nitrogens is 1. The van der Waals surface area contributed by atoms with Crippen LogP contribution in [0, 0.1) is 0 Å². The summed E-state index contributed by atoms with van der Waals surface area (Å²) in [5, 5.41) is 2.76. The summed E-state index contributed by atoms with van der Waals surface area (Å²) in [6.07, 6.45) is 0.715. The normalized spacial score (nSPS) is 12.0. The summed E-state index contributed by atoms with van der Waals surface area (Å²) in [6.45, 7) is 4.60. The van der Waals surface area contributed by atoms with E-state index >= 15 is 0 Å². The molecule has 27 heavy (non-hydrogen) atoms. The molecule has 3 rings (SSSR count). The average Bonchev–Trinajstić information content (AvgIpc) is 3.08. The molecule has 1 amide bonds. The molecule has 5 nitrogen and oxygen atoms in total. The molecule has 0 saturated carbocycles. The first-order valence-corrected chi connectivity index (χ1v) is 10.5. The molecule has 2 aromatic carbocycles. The molecule has 0 aliphatic carbocycles. The van der Waals surface area contributed by atoms with Crippen molar-refractivity contribution in [2.45, 2.75) is 29.9 Å². The summed E-state index contributed by atoms with van der Waals surface area (Å²) in [7, 11) is 1.62. The lowest BCUT2D eigenvalue weighted by atomic mass is 10.2. The third-order valence-electron chi connectivity index (χ3n) is 3.92. The Morgan fingerprint density at radius 3 is 2.59 bits per heavy atom. The van der Waals surface area contributed by atoms with E-state index in [1.165, 1.54) is 11.8 Å². The number of nitrogens with zero attached hydrogens (tertiary/aromatic N) is 1. The van der Waals surface area contributed by atoms with E-state index in [2.05, 4.69) is 10.3 Å². The van der Waals surface area contributed by atoms with Crippen molar-refractivity contribution in [1.29, 1.82) is 0 Å². The lowest BCUT2D eigenvalue weighted by molar-refractivity contribution is -0.115. The van der Waals surface area contributed by atoms with Crippen LogP contribution < -0.4 is 14.8 Å². The van der Waals surface area contributed by atoms with Crippen LogP contribution in [-0.2, 0) is 4.79 Å². The Kier molecular flexibility index (Phi) is 6.58. The van der Waals surface area contributed by atoms with Crippen molar-refractivity contribution in [1.82, 2.24) is 4.98 Å². The van der Waals surface area contributed by atoms with Gasteiger partial charge in [-0.3, -0.25) is 4.79 Å². The first-order valence-electron chi connectivity index (χ1n) is 8.78. The Morgan fingerprint density at radius 2 is 1.93 bits per heavy atom. The quantitative estimate of drug-likeness (QED) is 0.524. The summed E-state index contributed by atoms with van der Waals surface area (Å²) in [4.78, 5) is 17.3. The summed E-state index contributed by atoms with van der Waals surface area (Å²) in [5.41, 5.74) is 1.68. The van der Waals surface area contributed by atoms with Crippen molar-refractivity contribution in [3.8, 4) is 11.5 Å². The minimum absolute atomic E-state index is 0.0260. The topological polar surface area (TPSA) is 60.5 Å². The molecule has 0 saturated heterocycles. The maximum Gasteiger partial charge on any atom is 0.237 e. The molecule has 1 unspecified atom stereocenters. The predicted octanol–water partition coefficient (Wildman–Crippen LogP) is 5.21. The summed E-state index contributed by atoms with van der Waals surface area (Å²) in [5.74, 6) is 1.58. The predicted molar refractivity (Wildman–Crippen MR) is 112 cm³/mol. The number of nitrogens with one attached hydrogen (secondary N) is 1. The van der Waals surface area contributed by atoms with Crippen LogP contribution in [0.2, 0.25) is 0 Å². The molecule has 1 atom stereocenters. The fourth-order valence-electron chi connectivity index (χ4n) is 2.53. The van der Waals surface area contributed by atoms with Gasteiger partial charge in [0.15, 0.2) is 4.34 Å². The van der Waals surface area contributed by atoms with Crippen LogP contribution in [0.5, 0.6) is 11.5 Å². The number of carbonyl (C=O) groups is 1. The lowest BCUT2D eigenvalue weighted by Gasteiger charge is -2.13. The van der Waals surface area contributed by atoms with Crippen LogP contribution in [-0.4, -0.2) is 29.9 Å². The van der Waals surface area contributed by atoms with Crippen LogP contribution in [0.3, 0.4) is 0 Å². The van der Waals surface area contributed by atoms with Crippen molar-refractivity contribution in [3.63, 3.8) is 0 Å². The van der Waals surface area contributed by atoms with Gasteiger partial charge in [-0.2, -0.15) is 0 Å². The standard InChI is InChI=1S/C20H22N2O3S2/c1-4-17(19(23)21-13-6-8-14(24-3)9-7-13)26-20-22-16-11-10-15(25-5-2)12-18(16)27-20/h6-12,17H,4-5H2,1-3H3,(H,21,23). The average molecular weight is 403 g/mol. The van der Waals surface area contributed by atoms with Crippen LogP contribution in [0.4, 0.5) is 5.69 Å². The van der Waals surface area contributed by atoms with E-state index in [1.54, 1.807) is 18.4 Å². The van der Waals surface area contributed by atoms with Gasteiger partial charge in [-0.1, -0.05) is 18.7 Å². The second kappa shape index (κ2) is 9.10. The Morgan fingerprint density at radius 1 is 1.19 bits per heavy atom. The molecule has 0 radical (unpaired) electrons. The minimum Gasteiger partial charge on any atom is -0.497 e. The number of rotatable bonds is 8. The number of methoxy groups -OCH3 is 1.